The van der Waals surface area contributed by atoms with E-state index in [0.717, 1.165) is 6.42 Å². The van der Waals surface area contributed by atoms with Crippen molar-refractivity contribution >= 4 is 5.91 Å². The summed E-state index contributed by atoms with van der Waals surface area (Å²) in [5.74, 6) is 0.922. The first-order chi connectivity index (χ1) is 7.59. The fourth-order valence-corrected chi connectivity index (χ4v) is 3.13. The molecule has 2 fully saturated rings. The summed E-state index contributed by atoms with van der Waals surface area (Å²) in [6, 6.07) is 0.572. The molecule has 1 aliphatic carbocycles. The van der Waals surface area contributed by atoms with Gasteiger partial charge < -0.3 is 4.90 Å². The Hall–Kier alpha value is -0.570. The molecule has 2 rings (SSSR count). The maximum absolute atomic E-state index is 12.3. The molecule has 0 spiro atoms. The highest BCUT2D eigenvalue weighted by atomic mass is 16.2. The number of amides is 1. The third-order valence-electron chi connectivity index (χ3n) is 3.84. The van der Waals surface area contributed by atoms with E-state index in [1.54, 1.807) is 0 Å². The second-order valence-corrected chi connectivity index (χ2v) is 5.71. The summed E-state index contributed by atoms with van der Waals surface area (Å²) >= 11 is 0. The fourth-order valence-electron chi connectivity index (χ4n) is 3.13. The molecule has 0 bridgehead atoms. The maximum atomic E-state index is 12.3. The Morgan fingerprint density at radius 2 is 2.00 bits per heavy atom. The van der Waals surface area contributed by atoms with E-state index in [9.17, 15) is 4.79 Å². The van der Waals surface area contributed by atoms with E-state index in [2.05, 4.69) is 31.0 Å². The van der Waals surface area contributed by atoms with Gasteiger partial charge in [0.15, 0.2) is 0 Å². The van der Waals surface area contributed by atoms with Crippen molar-refractivity contribution in [2.45, 2.75) is 71.1 Å². The number of carbonyl (C=O) groups excluding carboxylic acids is 1. The number of nitrogens with one attached hydrogen (secondary N) is 1. The Morgan fingerprint density at radius 1 is 1.38 bits per heavy atom. The monoisotopic (exact) mass is 224 g/mol. The molecule has 0 radical (unpaired) electrons. The summed E-state index contributed by atoms with van der Waals surface area (Å²) < 4.78 is 0. The first kappa shape index (κ1) is 11.9. The van der Waals surface area contributed by atoms with Crippen molar-refractivity contribution in [3.63, 3.8) is 0 Å². The largest absolute Gasteiger partial charge is 0.323 e. The van der Waals surface area contributed by atoms with E-state index in [1.165, 1.54) is 25.7 Å². The van der Waals surface area contributed by atoms with Crippen molar-refractivity contribution in [1.29, 1.82) is 0 Å². The van der Waals surface area contributed by atoms with Crippen LogP contribution in [0.15, 0.2) is 0 Å². The number of carbonyl (C=O) groups is 1. The molecule has 2 atom stereocenters. The smallest absolute Gasteiger partial charge is 0.241 e. The molecule has 3 nitrogen and oxygen atoms in total. The number of nitrogens with zero attached hydrogens (tertiary/aromatic N) is 1. The summed E-state index contributed by atoms with van der Waals surface area (Å²) in [5, 5.41) is 3.44. The Morgan fingerprint density at radius 3 is 2.56 bits per heavy atom. The van der Waals surface area contributed by atoms with Crippen LogP contribution in [0.4, 0.5) is 0 Å². The first-order valence-electron chi connectivity index (χ1n) is 6.68. The van der Waals surface area contributed by atoms with Crippen molar-refractivity contribution in [2.75, 3.05) is 0 Å². The fraction of sp³-hybridized carbons (Fsp3) is 0.923. The minimum Gasteiger partial charge on any atom is -0.323 e. The van der Waals surface area contributed by atoms with Crippen LogP contribution in [0.25, 0.3) is 0 Å². The number of hydrogen-bond acceptors (Lipinski definition) is 2. The highest BCUT2D eigenvalue weighted by molar-refractivity contribution is 5.84. The zero-order valence-electron chi connectivity index (χ0n) is 10.7. The van der Waals surface area contributed by atoms with E-state index < -0.39 is 0 Å². The SMILES string of the molecule is CC(C)CC1NC(C)N(C2CCCC2)C1=O. The molecule has 0 aromatic carbocycles. The third-order valence-corrected chi connectivity index (χ3v) is 3.84. The van der Waals surface area contributed by atoms with Gasteiger partial charge in [0.1, 0.15) is 0 Å². The van der Waals surface area contributed by atoms with Crippen molar-refractivity contribution < 1.29 is 4.79 Å². The second kappa shape index (κ2) is 4.74. The minimum atomic E-state index is 0.0654. The molecule has 0 aromatic heterocycles. The lowest BCUT2D eigenvalue weighted by molar-refractivity contribution is -0.132. The molecule has 1 N–H and O–H groups in total. The molecular weight excluding hydrogens is 200 g/mol. The van der Waals surface area contributed by atoms with Gasteiger partial charge in [-0.25, -0.2) is 0 Å². The van der Waals surface area contributed by atoms with Gasteiger partial charge in [0.05, 0.1) is 12.2 Å². The summed E-state index contributed by atoms with van der Waals surface area (Å²) in [7, 11) is 0. The van der Waals surface area contributed by atoms with E-state index in [-0.39, 0.29) is 12.2 Å². The lowest BCUT2D eigenvalue weighted by Crippen LogP contribution is -2.41. The lowest BCUT2D eigenvalue weighted by Gasteiger charge is -2.27. The van der Waals surface area contributed by atoms with E-state index in [4.69, 9.17) is 0 Å². The summed E-state index contributed by atoms with van der Waals surface area (Å²) in [6.07, 6.45) is 6.18. The molecule has 1 heterocycles. The highest BCUT2D eigenvalue weighted by Gasteiger charge is 2.40. The predicted molar refractivity (Wildman–Crippen MR) is 64.9 cm³/mol. The van der Waals surface area contributed by atoms with Gasteiger partial charge in [-0.05, 0) is 32.1 Å². The van der Waals surface area contributed by atoms with Crippen LogP contribution >= 0.6 is 0 Å². The van der Waals surface area contributed by atoms with Crippen molar-refractivity contribution in [2.24, 2.45) is 5.92 Å². The van der Waals surface area contributed by atoms with Gasteiger partial charge in [-0.1, -0.05) is 26.7 Å². The molecule has 1 aliphatic heterocycles. The van der Waals surface area contributed by atoms with Crippen LogP contribution < -0.4 is 5.32 Å². The van der Waals surface area contributed by atoms with Gasteiger partial charge in [0, 0.05) is 6.04 Å². The van der Waals surface area contributed by atoms with Crippen LogP contribution in [-0.4, -0.2) is 29.1 Å². The summed E-state index contributed by atoms with van der Waals surface area (Å²) in [4.78, 5) is 14.4. The first-order valence-corrected chi connectivity index (χ1v) is 6.68. The van der Waals surface area contributed by atoms with Crippen molar-refractivity contribution in [3.05, 3.63) is 0 Å². The number of hydrogen-bond donors (Lipinski definition) is 1. The average Bonchev–Trinajstić information content (AvgIpc) is 2.76. The Bertz CT molecular complexity index is 259. The quantitative estimate of drug-likeness (QED) is 0.796. The van der Waals surface area contributed by atoms with Gasteiger partial charge in [0.25, 0.3) is 0 Å². The molecule has 1 saturated heterocycles. The lowest BCUT2D eigenvalue weighted by atomic mass is 10.0. The summed E-state index contributed by atoms with van der Waals surface area (Å²) in [6.45, 7) is 6.48. The second-order valence-electron chi connectivity index (χ2n) is 5.71. The number of rotatable bonds is 3. The van der Waals surface area contributed by atoms with E-state index >= 15 is 0 Å². The molecular formula is C13H24N2O. The molecule has 1 saturated carbocycles. The van der Waals surface area contributed by atoms with Crippen LogP contribution in [0, 0.1) is 5.92 Å². The maximum Gasteiger partial charge on any atom is 0.241 e. The third kappa shape index (κ3) is 2.24. The van der Waals surface area contributed by atoms with E-state index in [1.807, 2.05) is 0 Å². The van der Waals surface area contributed by atoms with Gasteiger partial charge in [-0.3, -0.25) is 10.1 Å². The molecule has 92 valence electrons. The van der Waals surface area contributed by atoms with Gasteiger partial charge in [-0.15, -0.1) is 0 Å². The minimum absolute atomic E-state index is 0.0654. The summed E-state index contributed by atoms with van der Waals surface area (Å²) in [5.41, 5.74) is 0. The van der Waals surface area contributed by atoms with Crippen LogP contribution in [0.2, 0.25) is 0 Å². The van der Waals surface area contributed by atoms with Crippen molar-refractivity contribution in [1.82, 2.24) is 10.2 Å². The van der Waals surface area contributed by atoms with Crippen LogP contribution in [-0.2, 0) is 4.79 Å². The van der Waals surface area contributed by atoms with Gasteiger partial charge in [-0.2, -0.15) is 0 Å². The molecule has 16 heavy (non-hydrogen) atoms. The molecule has 2 unspecified atom stereocenters. The Kier molecular flexibility index (Phi) is 3.53. The molecule has 1 amide bonds. The molecule has 3 heteroatoms. The Balaban J connectivity index is 2.01. The van der Waals surface area contributed by atoms with Crippen LogP contribution in [0.3, 0.4) is 0 Å². The predicted octanol–water partition coefficient (Wildman–Crippen LogP) is 2.12. The van der Waals surface area contributed by atoms with Crippen LogP contribution in [0.5, 0.6) is 0 Å². The normalized spacial score (nSPS) is 32.0. The standard InChI is InChI=1S/C13H24N2O/c1-9(2)8-12-13(16)15(10(3)14-12)11-6-4-5-7-11/h9-12,14H,4-8H2,1-3H3. The zero-order chi connectivity index (χ0) is 11.7. The molecule has 2 aliphatic rings. The average molecular weight is 224 g/mol. The van der Waals surface area contributed by atoms with E-state index in [0.29, 0.717) is 17.9 Å². The zero-order valence-corrected chi connectivity index (χ0v) is 10.7. The Labute approximate surface area is 98.6 Å². The van der Waals surface area contributed by atoms with Gasteiger partial charge in [0.2, 0.25) is 5.91 Å². The molecule has 0 aromatic rings. The van der Waals surface area contributed by atoms with Crippen LogP contribution in [0.1, 0.15) is 52.9 Å². The highest BCUT2D eigenvalue weighted by Crippen LogP contribution is 2.28. The van der Waals surface area contributed by atoms with Gasteiger partial charge >= 0.3 is 0 Å². The van der Waals surface area contributed by atoms with Crippen molar-refractivity contribution in [3.8, 4) is 0 Å². The topological polar surface area (TPSA) is 32.3 Å².